The van der Waals surface area contributed by atoms with Gasteiger partial charge in [0, 0.05) is 5.69 Å². The second kappa shape index (κ2) is 6.78. The van der Waals surface area contributed by atoms with Gasteiger partial charge < -0.3 is 15.2 Å². The lowest BCUT2D eigenvalue weighted by atomic mass is 10.1. The van der Waals surface area contributed by atoms with Gasteiger partial charge in [-0.15, -0.1) is 0 Å². The van der Waals surface area contributed by atoms with Crippen molar-refractivity contribution in [3.63, 3.8) is 0 Å². The summed E-state index contributed by atoms with van der Waals surface area (Å²) in [5, 5.41) is 0. The number of anilines is 1. The molecule has 1 aliphatic rings. The maximum atomic E-state index is 5.98. The quantitative estimate of drug-likeness (QED) is 0.374. The van der Waals surface area contributed by atoms with Crippen LogP contribution in [0.2, 0.25) is 0 Å². The minimum absolute atomic E-state index is 0.727. The number of hydrogen-bond donors (Lipinski definition) is 1. The van der Waals surface area contributed by atoms with Crippen LogP contribution < -0.4 is 15.2 Å². The zero-order chi connectivity index (χ0) is 18.9. The first-order valence-electron chi connectivity index (χ1n) is 9.27. The van der Waals surface area contributed by atoms with Gasteiger partial charge in [0.1, 0.15) is 23.0 Å². The van der Waals surface area contributed by atoms with Crippen LogP contribution in [0.4, 0.5) is 5.69 Å². The molecule has 0 fully saturated rings. The smallest absolute Gasteiger partial charge is 0.127 e. The molecule has 0 saturated heterocycles. The summed E-state index contributed by atoms with van der Waals surface area (Å²) in [6, 6.07) is 29.8. The van der Waals surface area contributed by atoms with Crippen molar-refractivity contribution in [2.75, 3.05) is 5.73 Å². The van der Waals surface area contributed by atoms with Crippen molar-refractivity contribution in [3.8, 4) is 34.1 Å². The van der Waals surface area contributed by atoms with Gasteiger partial charge >= 0.3 is 0 Å². The van der Waals surface area contributed by atoms with E-state index in [9.17, 15) is 0 Å². The van der Waals surface area contributed by atoms with Crippen LogP contribution in [-0.4, -0.2) is 0 Å². The molecule has 136 valence electrons. The topological polar surface area (TPSA) is 44.5 Å². The second-order valence-electron chi connectivity index (χ2n) is 6.90. The maximum Gasteiger partial charge on any atom is 0.127 e. The molecule has 0 aromatic heterocycles. The molecule has 4 aromatic rings. The van der Waals surface area contributed by atoms with Gasteiger partial charge in [-0.25, -0.2) is 0 Å². The minimum Gasteiger partial charge on any atom is -0.457 e. The Morgan fingerprint density at radius 2 is 1.04 bits per heavy atom. The molecule has 0 bridgehead atoms. The Kier molecular flexibility index (Phi) is 3.99. The van der Waals surface area contributed by atoms with Gasteiger partial charge in [0.05, 0.1) is 0 Å². The summed E-state index contributed by atoms with van der Waals surface area (Å²) in [5.74, 6) is 3.31. The van der Waals surface area contributed by atoms with E-state index in [1.165, 1.54) is 22.3 Å². The van der Waals surface area contributed by atoms with Gasteiger partial charge in [0.15, 0.2) is 0 Å². The van der Waals surface area contributed by atoms with Crippen molar-refractivity contribution in [1.82, 2.24) is 0 Å². The summed E-state index contributed by atoms with van der Waals surface area (Å²) in [4.78, 5) is 0. The maximum absolute atomic E-state index is 5.98. The van der Waals surface area contributed by atoms with E-state index in [0.717, 1.165) is 35.1 Å². The minimum atomic E-state index is 0.727. The van der Waals surface area contributed by atoms with Crippen LogP contribution in [0.1, 0.15) is 11.1 Å². The highest BCUT2D eigenvalue weighted by Crippen LogP contribution is 2.41. The van der Waals surface area contributed by atoms with Gasteiger partial charge in [-0.05, 0) is 89.3 Å². The average molecular weight is 365 g/mol. The third kappa shape index (κ3) is 3.19. The molecule has 0 aliphatic heterocycles. The molecule has 0 unspecified atom stereocenters. The standard InChI is InChI=1S/C25H19NO2/c26-19-6-8-21(9-7-19)28-23-11-13-25-18(16-23)14-17-15-22(10-12-24(17)25)27-20-4-2-1-3-5-20/h1-13,15-16H,14,26H2. The van der Waals surface area contributed by atoms with Crippen LogP contribution in [0.5, 0.6) is 23.0 Å². The number of hydrogen-bond acceptors (Lipinski definition) is 3. The van der Waals surface area contributed by atoms with E-state index in [1.807, 2.05) is 66.7 Å². The normalized spacial score (nSPS) is 11.6. The lowest BCUT2D eigenvalue weighted by Crippen LogP contribution is -1.88. The third-order valence-corrected chi connectivity index (χ3v) is 4.92. The van der Waals surface area contributed by atoms with Crippen molar-refractivity contribution in [3.05, 3.63) is 102 Å². The van der Waals surface area contributed by atoms with E-state index in [4.69, 9.17) is 15.2 Å². The summed E-state index contributed by atoms with van der Waals surface area (Å²) >= 11 is 0. The first kappa shape index (κ1) is 16.5. The molecule has 28 heavy (non-hydrogen) atoms. The number of nitrogens with two attached hydrogens (primary N) is 1. The van der Waals surface area contributed by atoms with E-state index in [1.54, 1.807) is 0 Å². The fourth-order valence-corrected chi connectivity index (χ4v) is 3.59. The molecular weight excluding hydrogens is 346 g/mol. The van der Waals surface area contributed by atoms with Gasteiger partial charge in [-0.2, -0.15) is 0 Å². The molecule has 0 atom stereocenters. The van der Waals surface area contributed by atoms with Crippen LogP contribution in [0.15, 0.2) is 91.0 Å². The molecule has 0 heterocycles. The van der Waals surface area contributed by atoms with Gasteiger partial charge in [0.25, 0.3) is 0 Å². The molecule has 5 rings (SSSR count). The van der Waals surface area contributed by atoms with Crippen LogP contribution >= 0.6 is 0 Å². The monoisotopic (exact) mass is 365 g/mol. The summed E-state index contributed by atoms with van der Waals surface area (Å²) in [6.45, 7) is 0. The molecular formula is C25H19NO2. The molecule has 3 nitrogen and oxygen atoms in total. The molecule has 0 amide bonds. The number of fused-ring (bicyclic) bond motifs is 3. The Morgan fingerprint density at radius 1 is 0.536 bits per heavy atom. The second-order valence-corrected chi connectivity index (χ2v) is 6.90. The average Bonchev–Trinajstić information content (AvgIpc) is 3.07. The third-order valence-electron chi connectivity index (χ3n) is 4.92. The lowest BCUT2D eigenvalue weighted by molar-refractivity contribution is 0.482. The molecule has 0 radical (unpaired) electrons. The van der Waals surface area contributed by atoms with E-state index in [0.29, 0.717) is 0 Å². The van der Waals surface area contributed by atoms with E-state index < -0.39 is 0 Å². The largest absolute Gasteiger partial charge is 0.457 e. The van der Waals surface area contributed by atoms with Gasteiger partial charge in [0.2, 0.25) is 0 Å². The zero-order valence-corrected chi connectivity index (χ0v) is 15.3. The number of benzene rings is 4. The Morgan fingerprint density at radius 3 is 1.61 bits per heavy atom. The summed E-state index contributed by atoms with van der Waals surface area (Å²) < 4.78 is 12.0. The van der Waals surface area contributed by atoms with E-state index in [-0.39, 0.29) is 0 Å². The highest BCUT2D eigenvalue weighted by Gasteiger charge is 2.20. The van der Waals surface area contributed by atoms with E-state index in [2.05, 4.69) is 24.3 Å². The number of ether oxygens (including phenoxy) is 2. The van der Waals surface area contributed by atoms with Crippen LogP contribution in [0, 0.1) is 0 Å². The number of nitrogen functional groups attached to an aromatic ring is 1. The fourth-order valence-electron chi connectivity index (χ4n) is 3.59. The highest BCUT2D eigenvalue weighted by atomic mass is 16.5. The summed E-state index contributed by atoms with van der Waals surface area (Å²) in [5.41, 5.74) is 11.5. The molecule has 3 heteroatoms. The Balaban J connectivity index is 1.38. The highest BCUT2D eigenvalue weighted by molar-refractivity contribution is 5.78. The Hall–Kier alpha value is -3.72. The Bertz CT molecular complexity index is 1140. The first-order valence-corrected chi connectivity index (χ1v) is 9.27. The lowest BCUT2D eigenvalue weighted by Gasteiger charge is -2.08. The van der Waals surface area contributed by atoms with Crippen molar-refractivity contribution in [2.24, 2.45) is 0 Å². The van der Waals surface area contributed by atoms with Crippen LogP contribution in [0.3, 0.4) is 0 Å². The molecule has 2 N–H and O–H groups in total. The van der Waals surface area contributed by atoms with Gasteiger partial charge in [-0.3, -0.25) is 0 Å². The van der Waals surface area contributed by atoms with Crippen molar-refractivity contribution >= 4 is 5.69 Å². The molecule has 1 aliphatic carbocycles. The van der Waals surface area contributed by atoms with Crippen LogP contribution in [0.25, 0.3) is 11.1 Å². The summed E-state index contributed by atoms with van der Waals surface area (Å²) in [6.07, 6.45) is 0.871. The first-order chi connectivity index (χ1) is 13.7. The molecule has 0 saturated carbocycles. The van der Waals surface area contributed by atoms with Crippen molar-refractivity contribution in [1.29, 1.82) is 0 Å². The SMILES string of the molecule is Nc1ccc(Oc2ccc3c(c2)Cc2cc(Oc4ccccc4)ccc2-3)cc1. The molecule has 0 spiro atoms. The predicted molar refractivity (Wildman–Crippen MR) is 112 cm³/mol. The van der Waals surface area contributed by atoms with E-state index >= 15 is 0 Å². The van der Waals surface area contributed by atoms with Crippen LogP contribution in [-0.2, 0) is 6.42 Å². The number of rotatable bonds is 4. The number of para-hydroxylation sites is 1. The Labute approximate surface area is 164 Å². The van der Waals surface area contributed by atoms with Crippen molar-refractivity contribution in [2.45, 2.75) is 6.42 Å². The zero-order valence-electron chi connectivity index (χ0n) is 15.3. The summed E-state index contributed by atoms with van der Waals surface area (Å²) in [7, 11) is 0. The van der Waals surface area contributed by atoms with Crippen molar-refractivity contribution < 1.29 is 9.47 Å². The van der Waals surface area contributed by atoms with Gasteiger partial charge in [-0.1, -0.05) is 30.3 Å². The molecule has 4 aromatic carbocycles. The predicted octanol–water partition coefficient (Wildman–Crippen LogP) is 6.42. The fraction of sp³-hybridized carbons (Fsp3) is 0.0400.